The van der Waals surface area contributed by atoms with E-state index in [1.807, 2.05) is 0 Å². The van der Waals surface area contributed by atoms with Crippen LogP contribution >= 0.6 is 0 Å². The molecule has 6 heteroatoms. The molecule has 1 amide bonds. The Labute approximate surface area is 421 Å². The average Bonchev–Trinajstić information content (AvgIpc) is 3.33. The second-order valence-corrected chi connectivity index (χ2v) is 19.3. The molecule has 392 valence electrons. The van der Waals surface area contributed by atoms with Crippen molar-refractivity contribution in [3.8, 4) is 0 Å². The Balaban J connectivity index is 4.68. The molecule has 0 aliphatic heterocycles. The molecule has 6 nitrogen and oxygen atoms in total. The minimum absolute atomic E-state index is 0.0314. The number of ether oxygens (including phenoxy) is 1. The molecule has 0 saturated carbocycles. The molecule has 0 saturated heterocycles. The zero-order valence-electron chi connectivity index (χ0n) is 44.7. The minimum atomic E-state index is -0.809. The number of carbonyl (C=O) groups is 2. The van der Waals surface area contributed by atoms with Crippen LogP contribution in [0.2, 0.25) is 0 Å². The molecule has 0 rings (SSSR count). The lowest BCUT2D eigenvalue weighted by atomic mass is 10.0. The van der Waals surface area contributed by atoms with Crippen molar-refractivity contribution in [1.29, 1.82) is 0 Å². The number of hydrogen-bond donors (Lipinski definition) is 3. The van der Waals surface area contributed by atoms with Crippen molar-refractivity contribution in [3.05, 3.63) is 85.1 Å². The Kier molecular flexibility index (Phi) is 52.6. The van der Waals surface area contributed by atoms with Crippen LogP contribution in [0, 0.1) is 0 Å². The first-order chi connectivity index (χ1) is 33.5. The standard InChI is InChI=1S/C62H109NO5/c1-4-7-10-13-16-19-22-25-28-31-32-35-38-41-44-47-50-53-58(68-62(67)55-52-49-46-43-40-37-34-30-27-24-21-18-15-12-9-6-3)56-61(66)63-59(57-64)60(65)54-51-48-45-42-39-36-33-29-26-23-20-17-14-11-8-5-2/h9,12,16,18-19,21,25,27-28,30,32,35,41,44,58-60,64-65H,4-8,10-11,13-15,17,20,22-24,26,29,31,33-34,36-40,42-43,45-57H2,1-3H3,(H,63,66)/b12-9+,19-16-,21-18+,28-25-,30-27+,35-32-,44-41-. The van der Waals surface area contributed by atoms with Gasteiger partial charge in [0.2, 0.25) is 5.91 Å². The highest BCUT2D eigenvalue weighted by Crippen LogP contribution is 2.17. The van der Waals surface area contributed by atoms with Gasteiger partial charge in [-0.25, -0.2) is 0 Å². The van der Waals surface area contributed by atoms with Crippen LogP contribution in [0.4, 0.5) is 0 Å². The van der Waals surface area contributed by atoms with Crippen LogP contribution in [-0.2, 0) is 14.3 Å². The van der Waals surface area contributed by atoms with Crippen molar-refractivity contribution >= 4 is 11.9 Å². The number of rotatable bonds is 51. The number of nitrogens with one attached hydrogen (secondary N) is 1. The number of unbranched alkanes of at least 4 members (excludes halogenated alkanes) is 25. The smallest absolute Gasteiger partial charge is 0.306 e. The summed E-state index contributed by atoms with van der Waals surface area (Å²) >= 11 is 0. The van der Waals surface area contributed by atoms with E-state index in [0.29, 0.717) is 19.3 Å². The fourth-order valence-corrected chi connectivity index (χ4v) is 8.38. The summed E-state index contributed by atoms with van der Waals surface area (Å²) in [5.74, 6) is -0.542. The van der Waals surface area contributed by atoms with Gasteiger partial charge in [-0.2, -0.15) is 0 Å². The zero-order chi connectivity index (χ0) is 49.5. The molecule has 0 fully saturated rings. The SMILES string of the molecule is CC/C=C/C/C=C/C/C=C/CCCCCCCCC(=O)OC(CCC/C=C\C/C=C\C/C=C\C/C=C\CCCCC)CC(=O)NC(CO)C(O)CCCCCCCCCCCCCCCCCC. The van der Waals surface area contributed by atoms with E-state index in [1.165, 1.54) is 128 Å². The highest BCUT2D eigenvalue weighted by atomic mass is 16.5. The van der Waals surface area contributed by atoms with E-state index in [0.717, 1.165) is 96.3 Å². The van der Waals surface area contributed by atoms with Crippen molar-refractivity contribution in [3.63, 3.8) is 0 Å². The molecule has 3 unspecified atom stereocenters. The number of allylic oxidation sites excluding steroid dienone is 14. The Morgan fingerprint density at radius 1 is 0.441 bits per heavy atom. The van der Waals surface area contributed by atoms with Crippen LogP contribution in [-0.4, -0.2) is 46.9 Å². The van der Waals surface area contributed by atoms with Gasteiger partial charge in [0.15, 0.2) is 0 Å². The lowest BCUT2D eigenvalue weighted by Crippen LogP contribution is -2.46. The van der Waals surface area contributed by atoms with Gasteiger partial charge in [-0.3, -0.25) is 9.59 Å². The summed E-state index contributed by atoms with van der Waals surface area (Å²) < 4.78 is 5.93. The lowest BCUT2D eigenvalue weighted by molar-refractivity contribution is -0.151. The van der Waals surface area contributed by atoms with Gasteiger partial charge in [0, 0.05) is 6.42 Å². The fraction of sp³-hybridized carbons (Fsp3) is 0.742. The lowest BCUT2D eigenvalue weighted by Gasteiger charge is -2.24. The van der Waals surface area contributed by atoms with Gasteiger partial charge in [0.05, 0.1) is 25.2 Å². The summed E-state index contributed by atoms with van der Waals surface area (Å²) in [4.78, 5) is 26.3. The van der Waals surface area contributed by atoms with Crippen LogP contribution in [0.15, 0.2) is 85.1 Å². The van der Waals surface area contributed by atoms with Crippen molar-refractivity contribution < 1.29 is 24.5 Å². The first-order valence-corrected chi connectivity index (χ1v) is 28.8. The molecule has 0 heterocycles. The van der Waals surface area contributed by atoms with E-state index in [2.05, 4.69) is 111 Å². The molecule has 0 bridgehead atoms. The predicted molar refractivity (Wildman–Crippen MR) is 296 cm³/mol. The van der Waals surface area contributed by atoms with Crippen LogP contribution in [0.3, 0.4) is 0 Å². The van der Waals surface area contributed by atoms with Crippen LogP contribution in [0.5, 0.6) is 0 Å². The zero-order valence-corrected chi connectivity index (χ0v) is 44.7. The Morgan fingerprint density at radius 3 is 1.26 bits per heavy atom. The molecule has 0 aromatic heterocycles. The van der Waals surface area contributed by atoms with Gasteiger partial charge in [-0.1, -0.05) is 247 Å². The van der Waals surface area contributed by atoms with Crippen LogP contribution < -0.4 is 5.32 Å². The molecule has 0 aliphatic rings. The summed E-state index contributed by atoms with van der Waals surface area (Å²) in [5, 5.41) is 23.9. The van der Waals surface area contributed by atoms with Gasteiger partial charge < -0.3 is 20.3 Å². The van der Waals surface area contributed by atoms with Gasteiger partial charge >= 0.3 is 5.97 Å². The Morgan fingerprint density at radius 2 is 0.809 bits per heavy atom. The average molecular weight is 949 g/mol. The number of carbonyl (C=O) groups excluding carboxylic acids is 2. The molecule has 0 spiro atoms. The third-order valence-electron chi connectivity index (χ3n) is 12.7. The topological polar surface area (TPSA) is 95.9 Å². The minimum Gasteiger partial charge on any atom is -0.462 e. The Bertz CT molecular complexity index is 1290. The highest BCUT2D eigenvalue weighted by molar-refractivity contribution is 5.77. The first kappa shape index (κ1) is 65.0. The molecule has 68 heavy (non-hydrogen) atoms. The molecule has 3 N–H and O–H groups in total. The summed E-state index contributed by atoms with van der Waals surface area (Å²) in [7, 11) is 0. The fourth-order valence-electron chi connectivity index (χ4n) is 8.38. The third-order valence-corrected chi connectivity index (χ3v) is 12.7. The second kappa shape index (κ2) is 55.0. The molecular formula is C62H109NO5. The number of esters is 1. The second-order valence-electron chi connectivity index (χ2n) is 19.3. The normalized spacial score (nSPS) is 13.8. The van der Waals surface area contributed by atoms with Crippen molar-refractivity contribution in [2.45, 2.75) is 289 Å². The molecule has 0 radical (unpaired) electrons. The molecule has 3 atom stereocenters. The highest BCUT2D eigenvalue weighted by Gasteiger charge is 2.24. The summed E-state index contributed by atoms with van der Waals surface area (Å²) in [6.45, 7) is 6.34. The van der Waals surface area contributed by atoms with Crippen molar-refractivity contribution in [1.82, 2.24) is 5.32 Å². The maximum atomic E-state index is 13.3. The predicted octanol–water partition coefficient (Wildman–Crippen LogP) is 17.9. The third kappa shape index (κ3) is 49.5. The van der Waals surface area contributed by atoms with Crippen molar-refractivity contribution in [2.75, 3.05) is 6.61 Å². The maximum Gasteiger partial charge on any atom is 0.306 e. The van der Waals surface area contributed by atoms with E-state index in [-0.39, 0.29) is 24.9 Å². The van der Waals surface area contributed by atoms with Gasteiger partial charge in [0.1, 0.15) is 6.10 Å². The monoisotopic (exact) mass is 948 g/mol. The number of amides is 1. The van der Waals surface area contributed by atoms with Crippen LogP contribution in [0.1, 0.15) is 271 Å². The van der Waals surface area contributed by atoms with E-state index >= 15 is 0 Å². The quantitative estimate of drug-likeness (QED) is 0.0321. The van der Waals surface area contributed by atoms with E-state index in [9.17, 15) is 19.8 Å². The number of aliphatic hydroxyl groups is 2. The summed E-state index contributed by atoms with van der Waals surface area (Å²) in [6, 6.07) is -0.727. The van der Waals surface area contributed by atoms with Crippen LogP contribution in [0.25, 0.3) is 0 Å². The molecular weight excluding hydrogens is 839 g/mol. The maximum absolute atomic E-state index is 13.3. The molecule has 0 aliphatic carbocycles. The Hall–Kier alpha value is -2.96. The van der Waals surface area contributed by atoms with Gasteiger partial charge in [-0.05, 0) is 96.3 Å². The molecule has 0 aromatic rings. The largest absolute Gasteiger partial charge is 0.462 e. The first-order valence-electron chi connectivity index (χ1n) is 28.8. The van der Waals surface area contributed by atoms with Gasteiger partial charge in [0.25, 0.3) is 0 Å². The number of aliphatic hydroxyl groups excluding tert-OH is 2. The van der Waals surface area contributed by atoms with Crippen molar-refractivity contribution in [2.24, 2.45) is 0 Å². The number of hydrogen-bond acceptors (Lipinski definition) is 5. The van der Waals surface area contributed by atoms with E-state index in [1.54, 1.807) is 0 Å². The van der Waals surface area contributed by atoms with E-state index in [4.69, 9.17) is 4.74 Å². The molecule has 0 aromatic carbocycles. The van der Waals surface area contributed by atoms with E-state index < -0.39 is 18.2 Å². The summed E-state index contributed by atoms with van der Waals surface area (Å²) in [5.41, 5.74) is 0. The summed E-state index contributed by atoms with van der Waals surface area (Å²) in [6.07, 6.45) is 72.2. The van der Waals surface area contributed by atoms with Gasteiger partial charge in [-0.15, -0.1) is 0 Å².